The Labute approximate surface area is 58.6 Å². The zero-order valence-electron chi connectivity index (χ0n) is 6.09. The van der Waals surface area contributed by atoms with E-state index >= 15 is 0 Å². The number of aromatic nitrogens is 2. The van der Waals surface area contributed by atoms with Crippen molar-refractivity contribution in [1.82, 2.24) is 9.78 Å². The van der Waals surface area contributed by atoms with Gasteiger partial charge in [-0.2, -0.15) is 0 Å². The second kappa shape index (κ2) is 2.30. The topological polar surface area (TPSA) is 63.8 Å². The van der Waals surface area contributed by atoms with E-state index < -0.39 is 0 Å². The highest BCUT2D eigenvalue weighted by Gasteiger charge is 2.02. The fraction of sp³-hybridized carbons (Fsp3) is 0.500. The van der Waals surface area contributed by atoms with Crippen LogP contribution in [0.5, 0.6) is 0 Å². The minimum Gasteiger partial charge on any atom is -0.323 e. The zero-order chi connectivity index (χ0) is 7.72. The van der Waals surface area contributed by atoms with Gasteiger partial charge in [-0.25, -0.2) is 0 Å². The predicted octanol–water partition coefficient (Wildman–Crippen LogP) is -0.267. The number of aromatic amines is 1. The molecule has 56 valence electrons. The largest absolute Gasteiger partial charge is 0.323 e. The molecule has 1 aromatic rings. The molecule has 0 bridgehead atoms. The second-order valence-electron chi connectivity index (χ2n) is 2.40. The molecule has 4 heteroatoms. The molecule has 0 saturated carbocycles. The molecular formula is C6H11N3O. The molecule has 1 heterocycles. The Morgan fingerprint density at radius 1 is 1.80 bits per heavy atom. The van der Waals surface area contributed by atoms with E-state index in [0.29, 0.717) is 0 Å². The second-order valence-corrected chi connectivity index (χ2v) is 2.40. The van der Waals surface area contributed by atoms with Crippen LogP contribution < -0.4 is 11.3 Å². The van der Waals surface area contributed by atoms with Crippen LogP contribution in [0.2, 0.25) is 0 Å². The third-order valence-electron chi connectivity index (χ3n) is 1.40. The lowest BCUT2D eigenvalue weighted by molar-refractivity contribution is 0.687. The molecular weight excluding hydrogens is 130 g/mol. The Hall–Kier alpha value is -1.03. The van der Waals surface area contributed by atoms with Crippen LogP contribution in [0.1, 0.15) is 18.7 Å². The van der Waals surface area contributed by atoms with Gasteiger partial charge >= 0.3 is 0 Å². The maximum absolute atomic E-state index is 10.8. The monoisotopic (exact) mass is 141 g/mol. The summed E-state index contributed by atoms with van der Waals surface area (Å²) in [6.45, 7) is 1.82. The molecule has 0 aliphatic carbocycles. The summed E-state index contributed by atoms with van der Waals surface area (Å²) in [6.07, 6.45) is 0. The van der Waals surface area contributed by atoms with E-state index in [2.05, 4.69) is 5.10 Å². The zero-order valence-corrected chi connectivity index (χ0v) is 6.09. The third kappa shape index (κ3) is 1.11. The summed E-state index contributed by atoms with van der Waals surface area (Å²) in [4.78, 5) is 10.8. The van der Waals surface area contributed by atoms with Crippen molar-refractivity contribution in [3.63, 3.8) is 0 Å². The summed E-state index contributed by atoms with van der Waals surface area (Å²) in [5, 5.41) is 2.82. The van der Waals surface area contributed by atoms with E-state index in [1.807, 2.05) is 6.92 Å². The van der Waals surface area contributed by atoms with Crippen LogP contribution in [0, 0.1) is 0 Å². The van der Waals surface area contributed by atoms with Gasteiger partial charge < -0.3 is 5.73 Å². The first-order chi connectivity index (χ1) is 4.61. The SMILES string of the molecule is C[C@H](N)c1cc(=O)n(C)[nH]1. The number of hydrogen-bond donors (Lipinski definition) is 2. The van der Waals surface area contributed by atoms with Gasteiger partial charge in [0.05, 0.1) is 5.69 Å². The van der Waals surface area contributed by atoms with Crippen molar-refractivity contribution in [2.24, 2.45) is 12.8 Å². The van der Waals surface area contributed by atoms with E-state index in [1.54, 1.807) is 7.05 Å². The number of aryl methyl sites for hydroxylation is 1. The van der Waals surface area contributed by atoms with Crippen LogP contribution in [0.15, 0.2) is 10.9 Å². The molecule has 3 N–H and O–H groups in total. The summed E-state index contributed by atoms with van der Waals surface area (Å²) in [5.74, 6) is 0. The maximum Gasteiger partial charge on any atom is 0.266 e. The lowest BCUT2D eigenvalue weighted by Crippen LogP contribution is -2.10. The van der Waals surface area contributed by atoms with Gasteiger partial charge in [0.2, 0.25) is 0 Å². The highest BCUT2D eigenvalue weighted by atomic mass is 16.1. The average Bonchev–Trinajstić information content (AvgIpc) is 2.13. The van der Waals surface area contributed by atoms with Gasteiger partial charge in [-0.1, -0.05) is 0 Å². The van der Waals surface area contributed by atoms with Crippen molar-refractivity contribution in [3.05, 3.63) is 22.1 Å². The van der Waals surface area contributed by atoms with E-state index in [1.165, 1.54) is 10.7 Å². The van der Waals surface area contributed by atoms with Gasteiger partial charge in [-0.15, -0.1) is 0 Å². The van der Waals surface area contributed by atoms with Crippen LogP contribution in [0.4, 0.5) is 0 Å². The van der Waals surface area contributed by atoms with Crippen LogP contribution in [-0.2, 0) is 7.05 Å². The van der Waals surface area contributed by atoms with Crippen molar-refractivity contribution in [2.45, 2.75) is 13.0 Å². The Morgan fingerprint density at radius 2 is 2.40 bits per heavy atom. The van der Waals surface area contributed by atoms with Gasteiger partial charge in [-0.05, 0) is 6.92 Å². The Kier molecular flexibility index (Phi) is 1.63. The van der Waals surface area contributed by atoms with Gasteiger partial charge in [0, 0.05) is 19.2 Å². The molecule has 10 heavy (non-hydrogen) atoms. The van der Waals surface area contributed by atoms with Crippen molar-refractivity contribution < 1.29 is 0 Å². The van der Waals surface area contributed by atoms with E-state index in [4.69, 9.17) is 5.73 Å². The van der Waals surface area contributed by atoms with Crippen molar-refractivity contribution >= 4 is 0 Å². The van der Waals surface area contributed by atoms with Crippen LogP contribution in [-0.4, -0.2) is 9.78 Å². The lowest BCUT2D eigenvalue weighted by Gasteiger charge is -1.98. The van der Waals surface area contributed by atoms with Gasteiger partial charge in [0.15, 0.2) is 0 Å². The summed E-state index contributed by atoms with van der Waals surface area (Å²) in [7, 11) is 1.66. The molecule has 0 aromatic carbocycles. The first kappa shape index (κ1) is 7.08. The highest BCUT2D eigenvalue weighted by molar-refractivity contribution is 5.03. The Balaban J connectivity index is 3.10. The quantitative estimate of drug-likeness (QED) is 0.565. The smallest absolute Gasteiger partial charge is 0.266 e. The normalized spacial score (nSPS) is 13.5. The summed E-state index contributed by atoms with van der Waals surface area (Å²) < 4.78 is 1.40. The molecule has 0 spiro atoms. The minimum atomic E-state index is -0.103. The number of nitrogens with two attached hydrogens (primary N) is 1. The maximum atomic E-state index is 10.8. The molecule has 0 radical (unpaired) electrons. The molecule has 0 unspecified atom stereocenters. The number of nitrogens with one attached hydrogen (secondary N) is 1. The standard InChI is InChI=1S/C6H11N3O/c1-4(7)5-3-6(10)9(2)8-5/h3-4,8H,7H2,1-2H3/t4-/m0/s1. The fourth-order valence-electron chi connectivity index (χ4n) is 0.744. The number of H-pyrrole nitrogens is 1. The number of nitrogens with zero attached hydrogens (tertiary/aromatic N) is 1. The fourth-order valence-corrected chi connectivity index (χ4v) is 0.744. The van der Waals surface area contributed by atoms with Crippen molar-refractivity contribution in [3.8, 4) is 0 Å². The van der Waals surface area contributed by atoms with Crippen LogP contribution in [0.3, 0.4) is 0 Å². The first-order valence-electron chi connectivity index (χ1n) is 3.13. The average molecular weight is 141 g/mol. The van der Waals surface area contributed by atoms with Crippen LogP contribution in [0.25, 0.3) is 0 Å². The number of hydrogen-bond acceptors (Lipinski definition) is 2. The van der Waals surface area contributed by atoms with Gasteiger partial charge in [-0.3, -0.25) is 14.6 Å². The van der Waals surface area contributed by atoms with E-state index in [9.17, 15) is 4.79 Å². The molecule has 0 amide bonds. The molecule has 1 rings (SSSR count). The van der Waals surface area contributed by atoms with Gasteiger partial charge in [0.25, 0.3) is 5.56 Å². The van der Waals surface area contributed by atoms with E-state index in [-0.39, 0.29) is 11.6 Å². The molecule has 1 aromatic heterocycles. The molecule has 1 atom stereocenters. The van der Waals surface area contributed by atoms with Gasteiger partial charge in [0.1, 0.15) is 0 Å². The number of rotatable bonds is 1. The highest BCUT2D eigenvalue weighted by Crippen LogP contribution is 2.00. The summed E-state index contributed by atoms with van der Waals surface area (Å²) >= 11 is 0. The van der Waals surface area contributed by atoms with Crippen molar-refractivity contribution in [1.29, 1.82) is 0 Å². The Morgan fingerprint density at radius 3 is 2.60 bits per heavy atom. The summed E-state index contributed by atoms with van der Waals surface area (Å²) in [6, 6.07) is 1.40. The molecule has 0 aliphatic heterocycles. The predicted molar refractivity (Wildman–Crippen MR) is 38.6 cm³/mol. The Bertz CT molecular complexity index is 271. The molecule has 0 fully saturated rings. The lowest BCUT2D eigenvalue weighted by atomic mass is 10.3. The molecule has 4 nitrogen and oxygen atoms in total. The minimum absolute atomic E-state index is 0.0488. The third-order valence-corrected chi connectivity index (χ3v) is 1.40. The molecule has 0 saturated heterocycles. The molecule has 0 aliphatic rings. The van der Waals surface area contributed by atoms with E-state index in [0.717, 1.165) is 5.69 Å². The van der Waals surface area contributed by atoms with Crippen molar-refractivity contribution in [2.75, 3.05) is 0 Å². The summed E-state index contributed by atoms with van der Waals surface area (Å²) in [5.41, 5.74) is 6.23. The van der Waals surface area contributed by atoms with Crippen LogP contribution >= 0.6 is 0 Å². The first-order valence-corrected chi connectivity index (χ1v) is 3.13.